The number of pyridine rings is 1. The number of benzene rings is 3. The third-order valence-electron chi connectivity index (χ3n) is 7.40. The van der Waals surface area contributed by atoms with Crippen LogP contribution >= 0.6 is 11.8 Å². The molecule has 5 aromatic rings. The Morgan fingerprint density at radius 3 is 2.53 bits per heavy atom. The molecule has 1 aliphatic rings. The largest absolute Gasteiger partial charge is 0.350 e. The number of carbonyl (C=O) groups excluding carboxylic acids is 2. The average Bonchev–Trinajstić information content (AvgIpc) is 3.33. The zero-order valence-electron chi connectivity index (χ0n) is 23.8. The number of rotatable bonds is 7. The summed E-state index contributed by atoms with van der Waals surface area (Å²) in [5.74, 6) is -0.180. The Morgan fingerprint density at radius 2 is 1.81 bits per heavy atom. The molecule has 0 bridgehead atoms. The van der Waals surface area contributed by atoms with Crippen molar-refractivity contribution < 1.29 is 14.0 Å². The molecular weight excluding hydrogens is 561 g/mol. The Hall–Kier alpha value is -4.76. The van der Waals surface area contributed by atoms with Gasteiger partial charge in [0, 0.05) is 30.1 Å². The number of hydrogen-bond donors (Lipinski definition) is 1. The number of carbonyl (C=O) groups is 2. The summed E-state index contributed by atoms with van der Waals surface area (Å²) >= 11 is 1.45. The zero-order valence-corrected chi connectivity index (χ0v) is 24.6. The molecule has 0 radical (unpaired) electrons. The van der Waals surface area contributed by atoms with Gasteiger partial charge in [-0.05, 0) is 54.8 Å². The van der Waals surface area contributed by atoms with E-state index in [0.29, 0.717) is 18.1 Å². The molecule has 0 aliphatic carbocycles. The van der Waals surface area contributed by atoms with Crippen LogP contribution in [0.1, 0.15) is 33.1 Å². The van der Waals surface area contributed by atoms with Crippen molar-refractivity contribution in [1.29, 1.82) is 0 Å². The Morgan fingerprint density at radius 1 is 1.02 bits per heavy atom. The Bertz CT molecular complexity index is 1770. The number of anilines is 1. The highest BCUT2D eigenvalue weighted by molar-refractivity contribution is 8.00. The van der Waals surface area contributed by atoms with Crippen molar-refractivity contribution in [3.8, 4) is 16.9 Å². The van der Waals surface area contributed by atoms with Crippen molar-refractivity contribution >= 4 is 29.4 Å². The highest BCUT2D eigenvalue weighted by Crippen LogP contribution is 2.48. The van der Waals surface area contributed by atoms with Gasteiger partial charge in [-0.3, -0.25) is 19.5 Å². The van der Waals surface area contributed by atoms with E-state index in [1.165, 1.54) is 23.9 Å². The Balaban J connectivity index is 1.53. The third-order valence-corrected chi connectivity index (χ3v) is 8.66. The number of aromatic nitrogens is 3. The summed E-state index contributed by atoms with van der Waals surface area (Å²) < 4.78 is 15.8. The summed E-state index contributed by atoms with van der Waals surface area (Å²) in [6.45, 7) is 4.14. The summed E-state index contributed by atoms with van der Waals surface area (Å²) in [7, 11) is 0. The molecule has 7 nitrogen and oxygen atoms in total. The van der Waals surface area contributed by atoms with E-state index in [2.05, 4.69) is 16.4 Å². The first-order valence-electron chi connectivity index (χ1n) is 14.0. The molecule has 3 heterocycles. The number of hydrogen-bond acceptors (Lipinski definition) is 5. The van der Waals surface area contributed by atoms with Crippen LogP contribution in [0.2, 0.25) is 0 Å². The lowest BCUT2D eigenvalue weighted by atomic mass is 9.99. The van der Waals surface area contributed by atoms with E-state index in [4.69, 9.17) is 5.10 Å². The van der Waals surface area contributed by atoms with Crippen LogP contribution in [0.15, 0.2) is 97.3 Å². The topological polar surface area (TPSA) is 80.1 Å². The fraction of sp³-hybridized carbons (Fsp3) is 0.176. The predicted octanol–water partition coefficient (Wildman–Crippen LogP) is 6.18. The van der Waals surface area contributed by atoms with Crippen LogP contribution in [0, 0.1) is 19.7 Å². The second kappa shape index (κ2) is 12.2. The van der Waals surface area contributed by atoms with Gasteiger partial charge < -0.3 is 5.32 Å². The maximum Gasteiger partial charge on any atom is 0.240 e. The van der Waals surface area contributed by atoms with Crippen molar-refractivity contribution in [3.63, 3.8) is 0 Å². The van der Waals surface area contributed by atoms with Gasteiger partial charge in [0.2, 0.25) is 11.8 Å². The van der Waals surface area contributed by atoms with Gasteiger partial charge in [-0.1, -0.05) is 66.2 Å². The fourth-order valence-corrected chi connectivity index (χ4v) is 6.54. The number of nitrogens with one attached hydrogen (secondary N) is 1. The molecule has 0 unspecified atom stereocenters. The summed E-state index contributed by atoms with van der Waals surface area (Å²) in [6, 6.07) is 25.9. The van der Waals surface area contributed by atoms with Gasteiger partial charge in [0.05, 0.1) is 22.4 Å². The molecule has 6 rings (SSSR count). The minimum Gasteiger partial charge on any atom is -0.350 e. The maximum absolute atomic E-state index is 14.0. The van der Waals surface area contributed by atoms with Gasteiger partial charge in [0.25, 0.3) is 0 Å². The van der Waals surface area contributed by atoms with Gasteiger partial charge in [-0.25, -0.2) is 9.07 Å². The molecule has 0 saturated heterocycles. The number of nitrogens with zero attached hydrogens (tertiary/aromatic N) is 4. The molecule has 1 N–H and O–H groups in total. The van der Waals surface area contributed by atoms with Crippen LogP contribution in [-0.4, -0.2) is 38.9 Å². The quantitative estimate of drug-likeness (QED) is 0.245. The SMILES string of the molecule is Cc1ccc(-n2nc(-c3ccccc3)c3c2N(CC(=O)NCc2cccnc2)C(=O)CS[C@@H]3c2ccc(F)cc2)c(C)c1. The van der Waals surface area contributed by atoms with E-state index in [-0.39, 0.29) is 35.2 Å². The van der Waals surface area contributed by atoms with Crippen LogP contribution in [0.3, 0.4) is 0 Å². The molecule has 2 amide bonds. The van der Waals surface area contributed by atoms with Crippen molar-refractivity contribution in [2.75, 3.05) is 17.2 Å². The molecule has 0 spiro atoms. The minimum atomic E-state index is -0.335. The second-order valence-electron chi connectivity index (χ2n) is 10.5. The van der Waals surface area contributed by atoms with Crippen LogP contribution in [0.4, 0.5) is 10.2 Å². The first-order valence-corrected chi connectivity index (χ1v) is 15.0. The first-order chi connectivity index (χ1) is 20.9. The number of fused-ring (bicyclic) bond motifs is 1. The van der Waals surface area contributed by atoms with E-state index in [0.717, 1.165) is 39.1 Å². The van der Waals surface area contributed by atoms with Crippen molar-refractivity contribution in [3.05, 3.63) is 131 Å². The predicted molar refractivity (Wildman–Crippen MR) is 168 cm³/mol. The number of aryl methyl sites for hydroxylation is 2. The lowest BCUT2D eigenvalue weighted by molar-refractivity contribution is -0.123. The number of amides is 2. The van der Waals surface area contributed by atoms with E-state index in [1.54, 1.807) is 34.1 Å². The lowest BCUT2D eigenvalue weighted by Gasteiger charge is -2.24. The molecule has 0 saturated carbocycles. The second-order valence-corrected chi connectivity index (χ2v) is 11.6. The van der Waals surface area contributed by atoms with E-state index in [9.17, 15) is 14.0 Å². The smallest absolute Gasteiger partial charge is 0.240 e. The summed E-state index contributed by atoms with van der Waals surface area (Å²) in [5, 5.41) is 7.74. The molecular formula is C34H30FN5O2S. The monoisotopic (exact) mass is 591 g/mol. The maximum atomic E-state index is 14.0. The molecule has 1 aliphatic heterocycles. The van der Waals surface area contributed by atoms with Gasteiger partial charge in [-0.15, -0.1) is 11.8 Å². The molecule has 2 aromatic heterocycles. The fourth-order valence-electron chi connectivity index (χ4n) is 5.34. The number of halogens is 1. The van der Waals surface area contributed by atoms with E-state index in [1.807, 2.05) is 68.4 Å². The molecule has 0 fully saturated rings. The number of thioether (sulfide) groups is 1. The van der Waals surface area contributed by atoms with Gasteiger partial charge in [0.1, 0.15) is 18.2 Å². The van der Waals surface area contributed by atoms with Gasteiger partial charge in [0.15, 0.2) is 0 Å². The van der Waals surface area contributed by atoms with Gasteiger partial charge in [-0.2, -0.15) is 5.10 Å². The normalized spacial score (nSPS) is 14.7. The molecule has 43 heavy (non-hydrogen) atoms. The molecule has 1 atom stereocenters. The zero-order chi connectivity index (χ0) is 29.9. The Kier molecular flexibility index (Phi) is 8.07. The molecule has 3 aromatic carbocycles. The van der Waals surface area contributed by atoms with Crippen LogP contribution in [0.5, 0.6) is 0 Å². The highest BCUT2D eigenvalue weighted by Gasteiger charge is 2.38. The lowest BCUT2D eigenvalue weighted by Crippen LogP contribution is -2.42. The average molecular weight is 592 g/mol. The molecule has 216 valence electrons. The first kappa shape index (κ1) is 28.4. The van der Waals surface area contributed by atoms with Crippen LogP contribution < -0.4 is 10.2 Å². The van der Waals surface area contributed by atoms with E-state index >= 15 is 0 Å². The van der Waals surface area contributed by atoms with Gasteiger partial charge >= 0.3 is 0 Å². The van der Waals surface area contributed by atoms with Crippen molar-refractivity contribution in [2.24, 2.45) is 0 Å². The van der Waals surface area contributed by atoms with E-state index < -0.39 is 0 Å². The van der Waals surface area contributed by atoms with Crippen LogP contribution in [0.25, 0.3) is 16.9 Å². The van der Waals surface area contributed by atoms with Crippen molar-refractivity contribution in [2.45, 2.75) is 25.6 Å². The third kappa shape index (κ3) is 5.94. The summed E-state index contributed by atoms with van der Waals surface area (Å²) in [4.78, 5) is 32.9. The standard InChI is InChI=1S/C34H30FN5O2S/c1-22-10-15-28(23(2)17-22)40-34-31(32(38-40)25-8-4-3-5-9-25)33(26-11-13-27(35)14-12-26)43-21-30(42)39(34)20-29(41)37-19-24-7-6-16-36-18-24/h3-18,33H,19-21H2,1-2H3,(H,37,41)/t33-/m1/s1. The summed E-state index contributed by atoms with van der Waals surface area (Å²) in [6.07, 6.45) is 3.37. The Labute approximate surface area is 253 Å². The molecule has 9 heteroatoms. The van der Waals surface area contributed by atoms with Crippen molar-refractivity contribution in [1.82, 2.24) is 20.1 Å². The minimum absolute atomic E-state index is 0.133. The highest BCUT2D eigenvalue weighted by atomic mass is 32.2. The summed E-state index contributed by atoms with van der Waals surface area (Å²) in [5.41, 5.74) is 6.98. The van der Waals surface area contributed by atoms with Crippen LogP contribution in [-0.2, 0) is 16.1 Å².